The maximum Gasteiger partial charge on any atom is 0.269 e. The zero-order chi connectivity index (χ0) is 18.8. The third-order valence-corrected chi connectivity index (χ3v) is 4.09. The van der Waals surface area contributed by atoms with E-state index in [1.165, 1.54) is 5.69 Å². The third-order valence-electron chi connectivity index (χ3n) is 4.09. The Hall–Kier alpha value is -2.60. The molecule has 2 N–H and O–H groups in total. The summed E-state index contributed by atoms with van der Waals surface area (Å²) in [5, 5.41) is 6.16. The molecule has 0 aliphatic carbocycles. The molecule has 6 heteroatoms. The fourth-order valence-corrected chi connectivity index (χ4v) is 2.65. The van der Waals surface area contributed by atoms with Gasteiger partial charge in [0.1, 0.15) is 5.69 Å². The Bertz CT molecular complexity index is 684. The lowest BCUT2D eigenvalue weighted by Gasteiger charge is -2.21. The van der Waals surface area contributed by atoms with Crippen molar-refractivity contribution in [1.29, 1.82) is 0 Å². The van der Waals surface area contributed by atoms with E-state index in [0.717, 1.165) is 30.9 Å². The molecule has 2 rings (SSSR count). The summed E-state index contributed by atoms with van der Waals surface area (Å²) in [6.07, 6.45) is 2.41. The summed E-state index contributed by atoms with van der Waals surface area (Å²) in [5.74, 6) is -0.179. The average molecular weight is 356 g/mol. The van der Waals surface area contributed by atoms with Gasteiger partial charge < -0.3 is 20.3 Å². The smallest absolute Gasteiger partial charge is 0.269 e. The summed E-state index contributed by atoms with van der Waals surface area (Å²) < 4.78 is 4.97. The zero-order valence-corrected chi connectivity index (χ0v) is 15.8. The number of anilines is 3. The highest BCUT2D eigenvalue weighted by atomic mass is 16.5. The SMILES string of the molecule is CCN(CC)c1ccc(Nc2ccnc(C(=O)NCCCOC)c2)cc1. The third kappa shape index (κ3) is 5.74. The van der Waals surface area contributed by atoms with Gasteiger partial charge in [0, 0.05) is 56.6 Å². The second-order valence-electron chi connectivity index (χ2n) is 5.88. The van der Waals surface area contributed by atoms with E-state index in [1.807, 2.05) is 18.2 Å². The first-order valence-corrected chi connectivity index (χ1v) is 9.03. The Morgan fingerprint density at radius 1 is 1.12 bits per heavy atom. The predicted octanol–water partition coefficient (Wildman–Crippen LogP) is 3.44. The van der Waals surface area contributed by atoms with Crippen molar-refractivity contribution >= 4 is 23.0 Å². The summed E-state index contributed by atoms with van der Waals surface area (Å²) in [6.45, 7) is 7.45. The molecule has 1 aromatic heterocycles. The molecule has 1 amide bonds. The van der Waals surface area contributed by atoms with Gasteiger partial charge in [0.15, 0.2) is 0 Å². The second-order valence-corrected chi connectivity index (χ2v) is 5.88. The average Bonchev–Trinajstić information content (AvgIpc) is 2.67. The normalized spacial score (nSPS) is 10.4. The number of methoxy groups -OCH3 is 1. The minimum absolute atomic E-state index is 0.179. The Kier molecular flexibility index (Phi) is 7.89. The van der Waals surface area contributed by atoms with E-state index in [0.29, 0.717) is 18.8 Å². The van der Waals surface area contributed by atoms with Crippen LogP contribution in [0.4, 0.5) is 17.1 Å². The molecule has 0 spiro atoms. The van der Waals surface area contributed by atoms with Crippen molar-refractivity contribution in [2.45, 2.75) is 20.3 Å². The van der Waals surface area contributed by atoms with Crippen LogP contribution in [-0.4, -0.2) is 44.2 Å². The fraction of sp³-hybridized carbons (Fsp3) is 0.400. The zero-order valence-electron chi connectivity index (χ0n) is 15.8. The molecule has 0 aliphatic heterocycles. The Morgan fingerprint density at radius 3 is 2.50 bits per heavy atom. The largest absolute Gasteiger partial charge is 0.385 e. The van der Waals surface area contributed by atoms with Gasteiger partial charge >= 0.3 is 0 Å². The molecular weight excluding hydrogens is 328 g/mol. The Balaban J connectivity index is 1.98. The van der Waals surface area contributed by atoms with Gasteiger partial charge in [-0.2, -0.15) is 0 Å². The van der Waals surface area contributed by atoms with Crippen molar-refractivity contribution in [1.82, 2.24) is 10.3 Å². The number of amides is 1. The van der Waals surface area contributed by atoms with Crippen LogP contribution in [0.1, 0.15) is 30.8 Å². The number of ether oxygens (including phenoxy) is 1. The first kappa shape index (κ1) is 19.7. The molecular formula is C20H28N4O2. The lowest BCUT2D eigenvalue weighted by Crippen LogP contribution is -2.26. The van der Waals surface area contributed by atoms with Gasteiger partial charge in [-0.15, -0.1) is 0 Å². The summed E-state index contributed by atoms with van der Waals surface area (Å²) >= 11 is 0. The summed E-state index contributed by atoms with van der Waals surface area (Å²) in [4.78, 5) is 18.6. The van der Waals surface area contributed by atoms with Crippen LogP contribution in [0, 0.1) is 0 Å². The standard InChI is InChI=1S/C20H28N4O2/c1-4-24(5-2)18-9-7-16(8-10-18)23-17-11-13-21-19(15-17)20(25)22-12-6-14-26-3/h7-11,13,15H,4-6,12,14H2,1-3H3,(H,21,23)(H,22,25). The molecule has 0 saturated heterocycles. The molecule has 1 heterocycles. The molecule has 6 nitrogen and oxygen atoms in total. The van der Waals surface area contributed by atoms with E-state index >= 15 is 0 Å². The van der Waals surface area contributed by atoms with E-state index in [-0.39, 0.29) is 5.91 Å². The number of aromatic nitrogens is 1. The summed E-state index contributed by atoms with van der Waals surface area (Å²) in [5.41, 5.74) is 3.40. The summed E-state index contributed by atoms with van der Waals surface area (Å²) in [6, 6.07) is 11.9. The number of carbonyl (C=O) groups is 1. The number of rotatable bonds is 10. The van der Waals surface area contributed by atoms with Crippen LogP contribution in [0.2, 0.25) is 0 Å². The van der Waals surface area contributed by atoms with Crippen LogP contribution < -0.4 is 15.5 Å². The van der Waals surface area contributed by atoms with E-state index in [2.05, 4.69) is 46.5 Å². The number of pyridine rings is 1. The van der Waals surface area contributed by atoms with E-state index < -0.39 is 0 Å². The van der Waals surface area contributed by atoms with Gasteiger partial charge in [-0.1, -0.05) is 0 Å². The van der Waals surface area contributed by atoms with Crippen molar-refractivity contribution in [3.05, 3.63) is 48.3 Å². The van der Waals surface area contributed by atoms with Gasteiger partial charge in [-0.3, -0.25) is 9.78 Å². The van der Waals surface area contributed by atoms with Crippen molar-refractivity contribution in [2.24, 2.45) is 0 Å². The second kappa shape index (κ2) is 10.4. The van der Waals surface area contributed by atoms with Crippen LogP contribution in [0.15, 0.2) is 42.6 Å². The topological polar surface area (TPSA) is 66.5 Å². The van der Waals surface area contributed by atoms with E-state index in [4.69, 9.17) is 4.74 Å². The minimum Gasteiger partial charge on any atom is -0.385 e. The quantitative estimate of drug-likeness (QED) is 0.639. The highest BCUT2D eigenvalue weighted by Crippen LogP contribution is 2.21. The molecule has 1 aromatic carbocycles. The highest BCUT2D eigenvalue weighted by Gasteiger charge is 2.08. The van der Waals surface area contributed by atoms with Gasteiger partial charge in [0.2, 0.25) is 0 Å². The van der Waals surface area contributed by atoms with E-state index in [1.54, 1.807) is 19.4 Å². The van der Waals surface area contributed by atoms with Gasteiger partial charge in [0.25, 0.3) is 5.91 Å². The maximum atomic E-state index is 12.2. The van der Waals surface area contributed by atoms with Gasteiger partial charge in [0.05, 0.1) is 0 Å². The number of hydrogen-bond acceptors (Lipinski definition) is 5. The number of carbonyl (C=O) groups excluding carboxylic acids is 1. The Morgan fingerprint density at radius 2 is 1.85 bits per heavy atom. The van der Waals surface area contributed by atoms with Crippen molar-refractivity contribution in [3.63, 3.8) is 0 Å². The predicted molar refractivity (Wildman–Crippen MR) is 106 cm³/mol. The maximum absolute atomic E-state index is 12.2. The van der Waals surface area contributed by atoms with Gasteiger partial charge in [-0.25, -0.2) is 0 Å². The first-order chi connectivity index (χ1) is 12.7. The van der Waals surface area contributed by atoms with E-state index in [9.17, 15) is 4.79 Å². The summed E-state index contributed by atoms with van der Waals surface area (Å²) in [7, 11) is 1.65. The lowest BCUT2D eigenvalue weighted by molar-refractivity contribution is 0.0943. The molecule has 0 unspecified atom stereocenters. The number of benzene rings is 1. The molecule has 0 atom stereocenters. The number of hydrogen-bond donors (Lipinski definition) is 2. The van der Waals surface area contributed by atoms with Crippen LogP contribution >= 0.6 is 0 Å². The monoisotopic (exact) mass is 356 g/mol. The first-order valence-electron chi connectivity index (χ1n) is 9.03. The van der Waals surface area contributed by atoms with Crippen LogP contribution in [0.3, 0.4) is 0 Å². The molecule has 0 saturated carbocycles. The van der Waals surface area contributed by atoms with Gasteiger partial charge in [-0.05, 0) is 56.7 Å². The minimum atomic E-state index is -0.179. The number of nitrogens with zero attached hydrogens (tertiary/aromatic N) is 2. The van der Waals surface area contributed by atoms with Crippen molar-refractivity contribution in [3.8, 4) is 0 Å². The lowest BCUT2D eigenvalue weighted by atomic mass is 10.2. The molecule has 26 heavy (non-hydrogen) atoms. The van der Waals surface area contributed by atoms with Crippen LogP contribution in [0.5, 0.6) is 0 Å². The molecule has 2 aromatic rings. The molecule has 0 bridgehead atoms. The fourth-order valence-electron chi connectivity index (χ4n) is 2.65. The molecule has 140 valence electrons. The highest BCUT2D eigenvalue weighted by molar-refractivity contribution is 5.93. The molecule has 0 radical (unpaired) electrons. The van der Waals surface area contributed by atoms with Crippen molar-refractivity contribution < 1.29 is 9.53 Å². The molecule has 0 fully saturated rings. The van der Waals surface area contributed by atoms with Crippen molar-refractivity contribution in [2.75, 3.05) is 43.6 Å². The van der Waals surface area contributed by atoms with Crippen LogP contribution in [0.25, 0.3) is 0 Å². The molecule has 0 aliphatic rings. The van der Waals surface area contributed by atoms with Crippen LogP contribution in [-0.2, 0) is 4.74 Å². The number of nitrogens with one attached hydrogen (secondary N) is 2. The Labute approximate surface area is 155 Å².